The molecule has 0 atom stereocenters. The lowest BCUT2D eigenvalue weighted by molar-refractivity contribution is -0.402. The SMILES string of the molecule is O=[N+]([O-])c1ccc(CNCc2ccc(F)cc2)o1. The molecule has 0 aliphatic heterocycles. The van der Waals surface area contributed by atoms with Gasteiger partial charge in [0.2, 0.25) is 0 Å². The average molecular weight is 250 g/mol. The second-order valence-corrected chi connectivity index (χ2v) is 3.73. The third-order valence-corrected chi connectivity index (χ3v) is 2.37. The van der Waals surface area contributed by atoms with Crippen molar-refractivity contribution in [2.24, 2.45) is 0 Å². The Morgan fingerprint density at radius 2 is 1.89 bits per heavy atom. The van der Waals surface area contributed by atoms with Crippen molar-refractivity contribution < 1.29 is 13.7 Å². The fourth-order valence-electron chi connectivity index (χ4n) is 1.49. The summed E-state index contributed by atoms with van der Waals surface area (Å²) in [5.74, 6) is -0.0576. The van der Waals surface area contributed by atoms with Crippen molar-refractivity contribution in [1.29, 1.82) is 0 Å². The largest absolute Gasteiger partial charge is 0.433 e. The minimum Gasteiger partial charge on any atom is -0.404 e. The Kier molecular flexibility index (Phi) is 3.69. The van der Waals surface area contributed by atoms with Crippen LogP contribution in [-0.2, 0) is 13.1 Å². The van der Waals surface area contributed by atoms with Crippen molar-refractivity contribution in [2.75, 3.05) is 0 Å². The van der Waals surface area contributed by atoms with Gasteiger partial charge in [-0.2, -0.15) is 0 Å². The summed E-state index contributed by atoms with van der Waals surface area (Å²) in [6, 6.07) is 8.98. The van der Waals surface area contributed by atoms with E-state index in [0.717, 1.165) is 5.56 Å². The molecule has 2 rings (SSSR count). The van der Waals surface area contributed by atoms with Gasteiger partial charge >= 0.3 is 5.88 Å². The maximum atomic E-state index is 12.7. The van der Waals surface area contributed by atoms with Gasteiger partial charge in [-0.1, -0.05) is 12.1 Å². The average Bonchev–Trinajstić information content (AvgIpc) is 2.81. The second kappa shape index (κ2) is 5.42. The van der Waals surface area contributed by atoms with Crippen LogP contribution in [0.3, 0.4) is 0 Å². The van der Waals surface area contributed by atoms with Crippen LogP contribution in [0.15, 0.2) is 40.8 Å². The summed E-state index contributed by atoms with van der Waals surface area (Å²) in [5.41, 5.74) is 0.928. The van der Waals surface area contributed by atoms with E-state index in [1.165, 1.54) is 18.2 Å². The highest BCUT2D eigenvalue weighted by molar-refractivity contribution is 5.18. The van der Waals surface area contributed by atoms with E-state index in [9.17, 15) is 14.5 Å². The van der Waals surface area contributed by atoms with E-state index >= 15 is 0 Å². The smallest absolute Gasteiger partial charge is 0.404 e. The maximum Gasteiger partial charge on any atom is 0.433 e. The van der Waals surface area contributed by atoms with E-state index in [0.29, 0.717) is 18.8 Å². The van der Waals surface area contributed by atoms with E-state index in [-0.39, 0.29) is 11.7 Å². The molecule has 0 amide bonds. The number of furan rings is 1. The Bertz CT molecular complexity index is 537. The lowest BCUT2D eigenvalue weighted by atomic mass is 10.2. The first kappa shape index (κ1) is 12.3. The molecule has 0 bridgehead atoms. The van der Waals surface area contributed by atoms with Crippen LogP contribution in [0.25, 0.3) is 0 Å². The predicted octanol–water partition coefficient (Wildman–Crippen LogP) is 2.62. The molecule has 0 radical (unpaired) electrons. The van der Waals surface area contributed by atoms with Crippen molar-refractivity contribution >= 4 is 5.88 Å². The molecule has 0 saturated heterocycles. The van der Waals surface area contributed by atoms with Crippen molar-refractivity contribution in [3.8, 4) is 0 Å². The highest BCUT2D eigenvalue weighted by Gasteiger charge is 2.10. The van der Waals surface area contributed by atoms with Crippen LogP contribution in [0.5, 0.6) is 0 Å². The van der Waals surface area contributed by atoms with Crippen molar-refractivity contribution in [3.05, 3.63) is 63.7 Å². The zero-order valence-corrected chi connectivity index (χ0v) is 9.43. The number of nitro groups is 1. The van der Waals surface area contributed by atoms with Gasteiger partial charge in [-0.25, -0.2) is 4.39 Å². The van der Waals surface area contributed by atoms with Gasteiger partial charge < -0.3 is 9.73 Å². The Morgan fingerprint density at radius 3 is 2.50 bits per heavy atom. The normalized spacial score (nSPS) is 10.5. The number of halogens is 1. The molecule has 0 saturated carbocycles. The summed E-state index contributed by atoms with van der Waals surface area (Å²) in [6.45, 7) is 0.917. The molecule has 0 unspecified atom stereocenters. The molecule has 1 aromatic carbocycles. The van der Waals surface area contributed by atoms with E-state index in [1.54, 1.807) is 18.2 Å². The number of nitrogens with zero attached hydrogens (tertiary/aromatic N) is 1. The van der Waals surface area contributed by atoms with Gasteiger partial charge in [0, 0.05) is 6.54 Å². The van der Waals surface area contributed by atoms with Crippen LogP contribution >= 0.6 is 0 Å². The van der Waals surface area contributed by atoms with E-state index in [4.69, 9.17) is 4.42 Å². The molecule has 1 aromatic heterocycles. The molecule has 0 spiro atoms. The summed E-state index contributed by atoms with van der Waals surface area (Å²) < 4.78 is 17.6. The standard InChI is InChI=1S/C12H11FN2O3/c13-10-3-1-9(2-4-10)7-14-8-11-5-6-12(18-11)15(16)17/h1-6,14H,7-8H2. The molecular formula is C12H11FN2O3. The highest BCUT2D eigenvalue weighted by atomic mass is 19.1. The zero-order valence-electron chi connectivity index (χ0n) is 9.43. The summed E-state index contributed by atoms with van der Waals surface area (Å²) in [6.07, 6.45) is 0. The number of hydrogen-bond donors (Lipinski definition) is 1. The van der Waals surface area contributed by atoms with Gasteiger partial charge in [0.15, 0.2) is 0 Å². The maximum absolute atomic E-state index is 12.7. The van der Waals surface area contributed by atoms with Gasteiger partial charge in [0.1, 0.15) is 16.5 Å². The molecule has 1 heterocycles. The molecule has 94 valence electrons. The molecule has 0 fully saturated rings. The van der Waals surface area contributed by atoms with Gasteiger partial charge in [0.05, 0.1) is 12.6 Å². The molecule has 2 aromatic rings. The first-order valence-corrected chi connectivity index (χ1v) is 5.33. The Morgan fingerprint density at radius 1 is 1.17 bits per heavy atom. The Hall–Kier alpha value is -2.21. The van der Waals surface area contributed by atoms with Crippen LogP contribution in [0.1, 0.15) is 11.3 Å². The molecule has 18 heavy (non-hydrogen) atoms. The molecule has 0 aliphatic carbocycles. The van der Waals surface area contributed by atoms with Crippen LogP contribution < -0.4 is 5.32 Å². The second-order valence-electron chi connectivity index (χ2n) is 3.73. The fourth-order valence-corrected chi connectivity index (χ4v) is 1.49. The third kappa shape index (κ3) is 3.14. The Labute approximate surface area is 102 Å². The number of nitrogens with one attached hydrogen (secondary N) is 1. The van der Waals surface area contributed by atoms with Crippen LogP contribution in [0, 0.1) is 15.9 Å². The van der Waals surface area contributed by atoms with Crippen molar-refractivity contribution in [2.45, 2.75) is 13.1 Å². The van der Waals surface area contributed by atoms with E-state index in [1.807, 2.05) is 0 Å². The van der Waals surface area contributed by atoms with Crippen LogP contribution in [0.4, 0.5) is 10.3 Å². The van der Waals surface area contributed by atoms with Gasteiger partial charge in [0.25, 0.3) is 0 Å². The minimum absolute atomic E-state index is 0.270. The lowest BCUT2D eigenvalue weighted by Gasteiger charge is -2.02. The van der Waals surface area contributed by atoms with Crippen molar-refractivity contribution in [3.63, 3.8) is 0 Å². The van der Waals surface area contributed by atoms with Crippen LogP contribution in [-0.4, -0.2) is 4.92 Å². The monoisotopic (exact) mass is 250 g/mol. The first-order valence-electron chi connectivity index (χ1n) is 5.33. The molecule has 5 nitrogen and oxygen atoms in total. The molecule has 1 N–H and O–H groups in total. The highest BCUT2D eigenvalue weighted by Crippen LogP contribution is 2.15. The Balaban J connectivity index is 1.84. The topological polar surface area (TPSA) is 68.3 Å². The molecule has 0 aliphatic rings. The van der Waals surface area contributed by atoms with Crippen molar-refractivity contribution in [1.82, 2.24) is 5.32 Å². The quantitative estimate of drug-likeness (QED) is 0.654. The summed E-state index contributed by atoms with van der Waals surface area (Å²) in [4.78, 5) is 9.82. The molecular weight excluding hydrogens is 239 g/mol. The summed E-state index contributed by atoms with van der Waals surface area (Å²) in [7, 11) is 0. The van der Waals surface area contributed by atoms with Gasteiger partial charge in [-0.15, -0.1) is 0 Å². The number of rotatable bonds is 5. The van der Waals surface area contributed by atoms with Crippen LogP contribution in [0.2, 0.25) is 0 Å². The fraction of sp³-hybridized carbons (Fsp3) is 0.167. The number of hydrogen-bond acceptors (Lipinski definition) is 4. The first-order chi connectivity index (χ1) is 8.65. The van der Waals surface area contributed by atoms with Gasteiger partial charge in [-0.3, -0.25) is 10.1 Å². The minimum atomic E-state index is -0.580. The summed E-state index contributed by atoms with van der Waals surface area (Å²) >= 11 is 0. The molecule has 6 heteroatoms. The predicted molar refractivity (Wildman–Crippen MR) is 62.3 cm³/mol. The zero-order chi connectivity index (χ0) is 13.0. The lowest BCUT2D eigenvalue weighted by Crippen LogP contribution is -2.12. The third-order valence-electron chi connectivity index (χ3n) is 2.37. The van der Waals surface area contributed by atoms with Gasteiger partial charge in [-0.05, 0) is 23.8 Å². The number of benzene rings is 1. The van der Waals surface area contributed by atoms with E-state index < -0.39 is 4.92 Å². The van der Waals surface area contributed by atoms with E-state index in [2.05, 4.69) is 5.32 Å². The summed E-state index contributed by atoms with van der Waals surface area (Å²) in [5, 5.41) is 13.4.